The molecule has 0 bridgehead atoms. The normalized spacial score (nSPS) is 23.3. The van der Waals surface area contributed by atoms with Crippen LogP contribution in [0.25, 0.3) is 0 Å². The Kier molecular flexibility index (Phi) is 6.74. The first-order valence-corrected chi connectivity index (χ1v) is 8.91. The summed E-state index contributed by atoms with van der Waals surface area (Å²) < 4.78 is 22.7. The number of rotatable bonds is 1. The van der Waals surface area contributed by atoms with Crippen LogP contribution in [-0.2, 0) is 9.05 Å². The van der Waals surface area contributed by atoms with Gasteiger partial charge >= 0.3 is 0 Å². The van der Waals surface area contributed by atoms with Gasteiger partial charge in [-0.1, -0.05) is 57.8 Å². The zero-order valence-corrected chi connectivity index (χ0v) is 11.5. The maximum atomic E-state index is 11.4. The Bertz CT molecular complexity index is 263. The molecule has 4 heteroatoms. The molecule has 1 rings (SSSR count). The minimum Gasteiger partial charge on any atom is -0.212 e. The molecule has 2 nitrogen and oxygen atoms in total. The molecule has 0 N–H and O–H groups in total. The first-order valence-electron chi connectivity index (χ1n) is 6.54. The van der Waals surface area contributed by atoms with Crippen LogP contribution >= 0.6 is 10.7 Å². The fourth-order valence-electron chi connectivity index (χ4n) is 2.41. The lowest BCUT2D eigenvalue weighted by Crippen LogP contribution is -2.16. The molecule has 0 aromatic heterocycles. The molecule has 16 heavy (non-hydrogen) atoms. The van der Waals surface area contributed by atoms with Crippen molar-refractivity contribution in [3.05, 3.63) is 0 Å². The van der Waals surface area contributed by atoms with Gasteiger partial charge in [0.25, 0.3) is 0 Å². The summed E-state index contributed by atoms with van der Waals surface area (Å²) in [5.74, 6) is 0. The summed E-state index contributed by atoms with van der Waals surface area (Å²) in [5, 5.41) is -0.298. The monoisotopic (exact) mass is 266 g/mol. The van der Waals surface area contributed by atoms with Crippen molar-refractivity contribution in [2.45, 2.75) is 75.9 Å². The van der Waals surface area contributed by atoms with Crippen LogP contribution in [0.2, 0.25) is 0 Å². The Morgan fingerprint density at radius 1 is 0.688 bits per heavy atom. The minimum atomic E-state index is -3.34. The van der Waals surface area contributed by atoms with Gasteiger partial charge in [0.05, 0.1) is 5.25 Å². The maximum absolute atomic E-state index is 11.4. The Morgan fingerprint density at radius 2 is 1.00 bits per heavy atom. The van der Waals surface area contributed by atoms with Gasteiger partial charge in [0.2, 0.25) is 9.05 Å². The maximum Gasteiger partial charge on any atom is 0.235 e. The summed E-state index contributed by atoms with van der Waals surface area (Å²) in [6.07, 6.45) is 12.3. The second kappa shape index (κ2) is 7.54. The van der Waals surface area contributed by atoms with Crippen LogP contribution in [0.3, 0.4) is 0 Å². The summed E-state index contributed by atoms with van der Waals surface area (Å²) in [6.45, 7) is 0. The molecule has 0 radical (unpaired) electrons. The highest BCUT2D eigenvalue weighted by Gasteiger charge is 2.22. The van der Waals surface area contributed by atoms with Crippen molar-refractivity contribution in [3.63, 3.8) is 0 Å². The summed E-state index contributed by atoms with van der Waals surface area (Å²) >= 11 is 0. The second-order valence-corrected chi connectivity index (χ2v) is 7.77. The molecule has 0 amide bonds. The number of hydrogen-bond acceptors (Lipinski definition) is 2. The molecule has 1 aliphatic carbocycles. The third-order valence-electron chi connectivity index (χ3n) is 3.45. The van der Waals surface area contributed by atoms with Gasteiger partial charge in [0.1, 0.15) is 0 Å². The molecular weight excluding hydrogens is 244 g/mol. The van der Waals surface area contributed by atoms with E-state index < -0.39 is 9.05 Å². The average molecular weight is 267 g/mol. The smallest absolute Gasteiger partial charge is 0.212 e. The van der Waals surface area contributed by atoms with Gasteiger partial charge in [-0.2, -0.15) is 0 Å². The Morgan fingerprint density at radius 3 is 1.31 bits per heavy atom. The summed E-state index contributed by atoms with van der Waals surface area (Å²) in [7, 11) is 2.13. The van der Waals surface area contributed by atoms with E-state index in [1.807, 2.05) is 0 Å². The lowest BCUT2D eigenvalue weighted by molar-refractivity contribution is 0.496. The number of halogens is 1. The van der Waals surface area contributed by atoms with Gasteiger partial charge in [-0.3, -0.25) is 0 Å². The Balaban J connectivity index is 2.42. The van der Waals surface area contributed by atoms with Crippen LogP contribution in [0.4, 0.5) is 0 Å². The lowest BCUT2D eigenvalue weighted by atomic mass is 10.0. The highest BCUT2D eigenvalue weighted by atomic mass is 35.7. The van der Waals surface area contributed by atoms with Crippen LogP contribution in [0.15, 0.2) is 0 Å². The van der Waals surface area contributed by atoms with Crippen molar-refractivity contribution < 1.29 is 8.42 Å². The van der Waals surface area contributed by atoms with Crippen molar-refractivity contribution in [1.29, 1.82) is 0 Å². The molecule has 1 aliphatic rings. The van der Waals surface area contributed by atoms with E-state index in [1.54, 1.807) is 0 Å². The Labute approximate surface area is 104 Å². The van der Waals surface area contributed by atoms with E-state index in [1.165, 1.54) is 32.1 Å². The summed E-state index contributed by atoms with van der Waals surface area (Å²) in [5.41, 5.74) is 0. The van der Waals surface area contributed by atoms with Gasteiger partial charge in [0, 0.05) is 10.7 Å². The van der Waals surface area contributed by atoms with Crippen LogP contribution in [0, 0.1) is 0 Å². The predicted molar refractivity (Wildman–Crippen MR) is 69.3 cm³/mol. The third-order valence-corrected chi connectivity index (χ3v) is 5.47. The second-order valence-electron chi connectivity index (χ2n) is 4.86. The van der Waals surface area contributed by atoms with E-state index in [2.05, 4.69) is 0 Å². The van der Waals surface area contributed by atoms with Crippen molar-refractivity contribution in [2.24, 2.45) is 0 Å². The first-order chi connectivity index (χ1) is 7.61. The SMILES string of the molecule is O=S(=O)(Cl)C1CCCCCCCCCCC1. The van der Waals surface area contributed by atoms with E-state index in [9.17, 15) is 8.42 Å². The predicted octanol–water partition coefficient (Wildman–Crippen LogP) is 4.23. The lowest BCUT2D eigenvalue weighted by Gasteiger charge is -2.14. The van der Waals surface area contributed by atoms with Crippen molar-refractivity contribution in [2.75, 3.05) is 0 Å². The van der Waals surface area contributed by atoms with E-state index in [4.69, 9.17) is 10.7 Å². The highest BCUT2D eigenvalue weighted by Crippen LogP contribution is 2.23. The van der Waals surface area contributed by atoms with E-state index in [0.29, 0.717) is 0 Å². The molecule has 0 spiro atoms. The average Bonchev–Trinajstić information content (AvgIpc) is 2.16. The zero-order valence-electron chi connectivity index (χ0n) is 9.96. The van der Waals surface area contributed by atoms with Gasteiger partial charge in [-0.25, -0.2) is 8.42 Å². The quantitative estimate of drug-likeness (QED) is 0.666. The highest BCUT2D eigenvalue weighted by molar-refractivity contribution is 8.14. The molecule has 0 aromatic carbocycles. The summed E-state index contributed by atoms with van der Waals surface area (Å²) in [4.78, 5) is 0. The van der Waals surface area contributed by atoms with Gasteiger partial charge < -0.3 is 0 Å². The van der Waals surface area contributed by atoms with Crippen molar-refractivity contribution in [1.82, 2.24) is 0 Å². The van der Waals surface area contributed by atoms with E-state index in [0.717, 1.165) is 38.5 Å². The largest absolute Gasteiger partial charge is 0.235 e. The molecule has 1 saturated carbocycles. The van der Waals surface area contributed by atoms with Crippen molar-refractivity contribution in [3.8, 4) is 0 Å². The number of hydrogen-bond donors (Lipinski definition) is 0. The fourth-order valence-corrected chi connectivity index (χ4v) is 3.84. The molecule has 0 aromatic rings. The van der Waals surface area contributed by atoms with Crippen molar-refractivity contribution >= 4 is 19.7 Å². The molecule has 96 valence electrons. The molecular formula is C12H23ClO2S. The molecule has 1 fully saturated rings. The molecule has 0 heterocycles. The van der Waals surface area contributed by atoms with Gasteiger partial charge in [-0.15, -0.1) is 0 Å². The topological polar surface area (TPSA) is 34.1 Å². The van der Waals surface area contributed by atoms with Gasteiger partial charge in [0.15, 0.2) is 0 Å². The molecule has 0 saturated heterocycles. The zero-order chi connectivity index (χ0) is 11.9. The minimum absolute atomic E-state index is 0.298. The molecule has 0 atom stereocenters. The Hall–Kier alpha value is 0.240. The molecule has 0 unspecified atom stereocenters. The van der Waals surface area contributed by atoms with Crippen LogP contribution in [0.1, 0.15) is 70.6 Å². The third kappa shape index (κ3) is 6.09. The summed E-state index contributed by atoms with van der Waals surface area (Å²) in [6, 6.07) is 0. The first kappa shape index (κ1) is 14.3. The van der Waals surface area contributed by atoms with Crippen LogP contribution in [0.5, 0.6) is 0 Å². The van der Waals surface area contributed by atoms with Crippen LogP contribution in [-0.4, -0.2) is 13.7 Å². The molecule has 0 aliphatic heterocycles. The van der Waals surface area contributed by atoms with Gasteiger partial charge in [-0.05, 0) is 12.8 Å². The standard InChI is InChI=1S/C12H23ClO2S/c13-16(14,15)12-10-8-6-4-2-1-3-5-7-9-11-12/h12H,1-11H2. The van der Waals surface area contributed by atoms with E-state index >= 15 is 0 Å². The fraction of sp³-hybridized carbons (Fsp3) is 1.00. The van der Waals surface area contributed by atoms with E-state index in [-0.39, 0.29) is 5.25 Å². The van der Waals surface area contributed by atoms with Crippen LogP contribution < -0.4 is 0 Å².